The molecule has 0 aliphatic carbocycles. The fourth-order valence-corrected chi connectivity index (χ4v) is 5.73. The second-order valence-electron chi connectivity index (χ2n) is 8.08. The van der Waals surface area contributed by atoms with Crippen molar-refractivity contribution in [3.05, 3.63) is 111 Å². The van der Waals surface area contributed by atoms with Crippen LogP contribution in [0.3, 0.4) is 0 Å². The number of nitriles is 2. The molecule has 0 spiro atoms. The summed E-state index contributed by atoms with van der Waals surface area (Å²) in [6, 6.07) is 29.1. The number of hydrogen-bond acceptors (Lipinski definition) is 4. The summed E-state index contributed by atoms with van der Waals surface area (Å²) < 4.78 is 0.997. The van der Waals surface area contributed by atoms with Crippen LogP contribution in [-0.2, 0) is 0 Å². The Labute approximate surface area is 200 Å². The number of benzene rings is 3. The number of Topliss-reactive ketones (excluding diaryl/α,β-unsaturated/α-hetero) is 1. The first-order chi connectivity index (χ1) is 15.6. The van der Waals surface area contributed by atoms with Crippen molar-refractivity contribution >= 4 is 34.5 Å². The third-order valence-corrected chi connectivity index (χ3v) is 7.17. The van der Waals surface area contributed by atoms with Crippen LogP contribution in [0, 0.1) is 32.2 Å². The summed E-state index contributed by atoms with van der Waals surface area (Å²) in [6.45, 7) is 0. The lowest BCUT2D eigenvalue weighted by Gasteiger charge is -2.35. The fraction of sp³-hybridized carbons (Fsp3) is 0.148. The number of halogens is 1. The van der Waals surface area contributed by atoms with Crippen molar-refractivity contribution in [1.82, 2.24) is 4.90 Å². The Morgan fingerprint density at radius 2 is 1.66 bits per heavy atom. The van der Waals surface area contributed by atoms with Crippen molar-refractivity contribution in [2.75, 3.05) is 0 Å². The van der Waals surface area contributed by atoms with Gasteiger partial charge in [0.25, 0.3) is 0 Å². The van der Waals surface area contributed by atoms with Crippen LogP contribution in [0.25, 0.3) is 6.08 Å². The molecule has 0 bridgehead atoms. The van der Waals surface area contributed by atoms with Crippen LogP contribution < -0.4 is 0 Å². The predicted octanol–water partition coefficient (Wildman–Crippen LogP) is 5.70. The molecule has 3 aromatic rings. The minimum Gasteiger partial charge on any atom is -0.340 e. The van der Waals surface area contributed by atoms with Crippen LogP contribution in [0.1, 0.15) is 39.0 Å². The molecule has 0 N–H and O–H groups in total. The summed E-state index contributed by atoms with van der Waals surface area (Å²) in [4.78, 5) is 15.8. The smallest absolute Gasteiger partial charge is 0.222 e. The van der Waals surface area contributed by atoms with Crippen LogP contribution in [0.2, 0.25) is 0 Å². The molecule has 0 unspecified atom stereocenters. The molecular weight excluding hydrogens is 509 g/mol. The standard InChI is InChI=1S/C27H18IN3O/c28-21-11-6-10-20(15-21)24-23(26(32)19-8-2-1-3-9-19)25-22-12-5-4-7-18(22)13-14-31(25)27(24,16-29)17-30/h1-15,23-25H/t23-,24+,25+/m0/s1. The maximum absolute atomic E-state index is 14.0. The van der Waals surface area contributed by atoms with Gasteiger partial charge in [0.05, 0.1) is 12.0 Å². The van der Waals surface area contributed by atoms with Gasteiger partial charge < -0.3 is 4.90 Å². The van der Waals surface area contributed by atoms with E-state index in [0.29, 0.717) is 5.56 Å². The molecule has 4 nitrogen and oxygen atoms in total. The summed E-state index contributed by atoms with van der Waals surface area (Å²) in [7, 11) is 0. The second kappa shape index (κ2) is 7.93. The molecule has 0 radical (unpaired) electrons. The van der Waals surface area contributed by atoms with Gasteiger partial charge in [-0.15, -0.1) is 0 Å². The average molecular weight is 527 g/mol. The predicted molar refractivity (Wildman–Crippen MR) is 130 cm³/mol. The van der Waals surface area contributed by atoms with Crippen LogP contribution >= 0.6 is 22.6 Å². The number of fused-ring (bicyclic) bond motifs is 3. The maximum atomic E-state index is 14.0. The van der Waals surface area contributed by atoms with E-state index in [1.165, 1.54) is 0 Å². The maximum Gasteiger partial charge on any atom is 0.222 e. The lowest BCUT2D eigenvalue weighted by Crippen LogP contribution is -2.43. The largest absolute Gasteiger partial charge is 0.340 e. The number of carbonyl (C=O) groups is 1. The van der Waals surface area contributed by atoms with E-state index in [0.717, 1.165) is 20.3 Å². The van der Waals surface area contributed by atoms with Gasteiger partial charge in [-0.05, 0) is 57.5 Å². The fourth-order valence-electron chi connectivity index (χ4n) is 5.16. The molecule has 2 aliphatic heterocycles. The molecule has 3 aromatic carbocycles. The number of nitrogens with zero attached hydrogens (tertiary/aromatic N) is 3. The lowest BCUT2D eigenvalue weighted by atomic mass is 9.72. The van der Waals surface area contributed by atoms with Gasteiger partial charge in [-0.2, -0.15) is 10.5 Å². The van der Waals surface area contributed by atoms with E-state index in [4.69, 9.17) is 0 Å². The quantitative estimate of drug-likeness (QED) is 0.324. The van der Waals surface area contributed by atoms with E-state index in [1.54, 1.807) is 0 Å². The molecule has 0 amide bonds. The molecule has 5 heteroatoms. The van der Waals surface area contributed by atoms with E-state index >= 15 is 0 Å². The molecule has 1 fully saturated rings. The summed E-state index contributed by atoms with van der Waals surface area (Å²) in [5, 5.41) is 20.8. The molecule has 0 aromatic heterocycles. The molecule has 5 rings (SSSR count). The Balaban J connectivity index is 1.80. The number of rotatable bonds is 3. The molecule has 3 atom stereocenters. The van der Waals surface area contributed by atoms with Crippen molar-refractivity contribution in [3.8, 4) is 12.1 Å². The highest BCUT2D eigenvalue weighted by atomic mass is 127. The molecule has 154 valence electrons. The van der Waals surface area contributed by atoms with Crippen molar-refractivity contribution in [3.63, 3.8) is 0 Å². The van der Waals surface area contributed by atoms with Gasteiger partial charge in [0.15, 0.2) is 5.78 Å². The first-order valence-corrected chi connectivity index (χ1v) is 11.4. The lowest BCUT2D eigenvalue weighted by molar-refractivity contribution is 0.0884. The van der Waals surface area contributed by atoms with Gasteiger partial charge in [0.2, 0.25) is 5.54 Å². The monoisotopic (exact) mass is 527 g/mol. The molecule has 1 saturated heterocycles. The Kier molecular flexibility index (Phi) is 5.07. The molecular formula is C27H18IN3O. The van der Waals surface area contributed by atoms with Gasteiger partial charge in [0.1, 0.15) is 12.1 Å². The summed E-state index contributed by atoms with van der Waals surface area (Å²) in [5.74, 6) is -1.26. The third kappa shape index (κ3) is 2.97. The normalized spacial score (nSPS) is 22.3. The number of carbonyl (C=O) groups excluding carboxylic acids is 1. The number of hydrogen-bond donors (Lipinski definition) is 0. The van der Waals surface area contributed by atoms with Crippen molar-refractivity contribution in [1.29, 1.82) is 10.5 Å². The van der Waals surface area contributed by atoms with Crippen LogP contribution in [-0.4, -0.2) is 16.2 Å². The highest BCUT2D eigenvalue weighted by Gasteiger charge is 2.63. The van der Waals surface area contributed by atoms with Gasteiger partial charge >= 0.3 is 0 Å². The molecule has 2 aliphatic rings. The molecule has 32 heavy (non-hydrogen) atoms. The first-order valence-electron chi connectivity index (χ1n) is 10.3. The zero-order chi connectivity index (χ0) is 22.3. The van der Waals surface area contributed by atoms with E-state index in [9.17, 15) is 15.3 Å². The highest BCUT2D eigenvalue weighted by Crippen LogP contribution is 2.58. The SMILES string of the molecule is N#CC1(C#N)[C@H](c2cccc(I)c2)[C@H](C(=O)c2ccccc2)[C@H]2c3ccccc3C=CN21. The van der Waals surface area contributed by atoms with E-state index in [2.05, 4.69) is 34.7 Å². The minimum atomic E-state index is -1.51. The minimum absolute atomic E-state index is 0.0538. The Morgan fingerprint density at radius 1 is 0.938 bits per heavy atom. The van der Waals surface area contributed by atoms with Crippen molar-refractivity contribution in [2.24, 2.45) is 5.92 Å². The van der Waals surface area contributed by atoms with Gasteiger partial charge in [0, 0.05) is 21.3 Å². The third-order valence-electron chi connectivity index (χ3n) is 6.50. The van der Waals surface area contributed by atoms with Gasteiger partial charge in [-0.3, -0.25) is 4.79 Å². The molecule has 0 saturated carbocycles. The van der Waals surface area contributed by atoms with Crippen LogP contribution in [0.5, 0.6) is 0 Å². The van der Waals surface area contributed by atoms with Crippen LogP contribution in [0.15, 0.2) is 85.1 Å². The summed E-state index contributed by atoms with van der Waals surface area (Å²) in [5.41, 5.74) is 1.88. The average Bonchev–Trinajstić information content (AvgIpc) is 3.15. The number of ketones is 1. The van der Waals surface area contributed by atoms with E-state index in [-0.39, 0.29) is 5.78 Å². The van der Waals surface area contributed by atoms with Crippen molar-refractivity contribution < 1.29 is 4.79 Å². The van der Waals surface area contributed by atoms with Crippen molar-refractivity contribution in [2.45, 2.75) is 17.5 Å². The summed E-state index contributed by atoms with van der Waals surface area (Å²) in [6.07, 6.45) is 3.75. The van der Waals surface area contributed by atoms with Gasteiger partial charge in [-0.25, -0.2) is 0 Å². The Bertz CT molecular complexity index is 1300. The summed E-state index contributed by atoms with van der Waals surface area (Å²) >= 11 is 2.23. The van der Waals surface area contributed by atoms with E-state index < -0.39 is 23.4 Å². The zero-order valence-electron chi connectivity index (χ0n) is 17.0. The topological polar surface area (TPSA) is 67.9 Å². The highest BCUT2D eigenvalue weighted by molar-refractivity contribution is 14.1. The van der Waals surface area contributed by atoms with Crippen LogP contribution in [0.4, 0.5) is 0 Å². The molecule has 2 heterocycles. The Morgan fingerprint density at radius 3 is 2.38 bits per heavy atom. The second-order valence-corrected chi connectivity index (χ2v) is 9.32. The Hall–Kier alpha value is -3.42. The van der Waals surface area contributed by atoms with Gasteiger partial charge in [-0.1, -0.05) is 66.7 Å². The van der Waals surface area contributed by atoms with E-state index in [1.807, 2.05) is 96.0 Å². The first kappa shape index (κ1) is 20.5. The zero-order valence-corrected chi connectivity index (χ0v) is 19.2.